The largest absolute Gasteiger partial charge is 0.573 e. The van der Waals surface area contributed by atoms with Gasteiger partial charge in [-0.1, -0.05) is 0 Å². The van der Waals surface area contributed by atoms with Crippen LogP contribution in [-0.2, 0) is 6.18 Å². The van der Waals surface area contributed by atoms with Crippen molar-refractivity contribution in [1.82, 2.24) is 0 Å². The summed E-state index contributed by atoms with van der Waals surface area (Å²) in [5, 5.41) is 0. The molecule has 0 atom stereocenters. The first-order chi connectivity index (χ1) is 7.09. The fourth-order valence-electron chi connectivity index (χ4n) is 0.905. The molecule has 0 heterocycles. The van der Waals surface area contributed by atoms with Gasteiger partial charge in [0.05, 0.1) is 5.56 Å². The number of hydrogen-bond acceptors (Lipinski definition) is 2. The maximum Gasteiger partial charge on any atom is 0.573 e. The summed E-state index contributed by atoms with van der Waals surface area (Å²) in [5.74, 6) is -0.774. The Balaban J connectivity index is 3.01. The van der Waals surface area contributed by atoms with Crippen LogP contribution >= 0.6 is 12.6 Å². The number of halogens is 6. The average molecular weight is 262 g/mol. The van der Waals surface area contributed by atoms with E-state index in [1.165, 1.54) is 0 Å². The molecule has 0 aromatic heterocycles. The molecule has 0 saturated carbocycles. The second-order valence-corrected chi connectivity index (χ2v) is 3.21. The van der Waals surface area contributed by atoms with Gasteiger partial charge in [0.1, 0.15) is 5.75 Å². The first-order valence-corrected chi connectivity index (χ1v) is 4.20. The molecule has 0 unspecified atom stereocenters. The Hall–Kier alpha value is -1.05. The normalized spacial score (nSPS) is 12.7. The molecule has 8 heteroatoms. The van der Waals surface area contributed by atoms with Crippen LogP contribution in [0.3, 0.4) is 0 Å². The van der Waals surface area contributed by atoms with E-state index in [-0.39, 0.29) is 0 Å². The third kappa shape index (κ3) is 3.51. The van der Waals surface area contributed by atoms with Crippen molar-refractivity contribution in [3.05, 3.63) is 23.8 Å². The van der Waals surface area contributed by atoms with Gasteiger partial charge in [-0.25, -0.2) is 0 Å². The van der Waals surface area contributed by atoms with E-state index in [1.54, 1.807) is 0 Å². The quantitative estimate of drug-likeness (QED) is 0.596. The second-order valence-electron chi connectivity index (χ2n) is 2.73. The van der Waals surface area contributed by atoms with Gasteiger partial charge in [0, 0.05) is 4.90 Å². The molecule has 90 valence electrons. The summed E-state index contributed by atoms with van der Waals surface area (Å²) >= 11 is 3.49. The lowest BCUT2D eigenvalue weighted by Crippen LogP contribution is -2.17. The number of rotatable bonds is 1. The van der Waals surface area contributed by atoms with Crippen molar-refractivity contribution in [1.29, 1.82) is 0 Å². The third-order valence-electron chi connectivity index (χ3n) is 1.51. The van der Waals surface area contributed by atoms with E-state index in [2.05, 4.69) is 17.4 Å². The Morgan fingerprint density at radius 3 is 1.94 bits per heavy atom. The lowest BCUT2D eigenvalue weighted by Gasteiger charge is -2.12. The second kappa shape index (κ2) is 4.08. The van der Waals surface area contributed by atoms with Crippen molar-refractivity contribution in [3.8, 4) is 5.75 Å². The molecule has 0 aliphatic rings. The highest BCUT2D eigenvalue weighted by Crippen LogP contribution is 2.35. The molecule has 0 bridgehead atoms. The van der Waals surface area contributed by atoms with Crippen LogP contribution in [0.4, 0.5) is 26.3 Å². The summed E-state index contributed by atoms with van der Waals surface area (Å²) < 4.78 is 75.2. The molecule has 0 N–H and O–H groups in total. The molecular formula is C8H4F6OS. The minimum Gasteiger partial charge on any atom is -0.405 e. The van der Waals surface area contributed by atoms with Crippen molar-refractivity contribution in [2.24, 2.45) is 0 Å². The fraction of sp³-hybridized carbons (Fsp3) is 0.250. The average Bonchev–Trinajstić information content (AvgIpc) is 2.04. The summed E-state index contributed by atoms with van der Waals surface area (Å²) in [6.45, 7) is 0. The molecule has 0 saturated heterocycles. The van der Waals surface area contributed by atoms with Gasteiger partial charge < -0.3 is 4.74 Å². The molecule has 0 amide bonds. The van der Waals surface area contributed by atoms with Crippen LogP contribution in [0.15, 0.2) is 23.1 Å². The van der Waals surface area contributed by atoms with Crippen LogP contribution in [0.2, 0.25) is 0 Å². The van der Waals surface area contributed by atoms with Gasteiger partial charge in [-0.3, -0.25) is 0 Å². The zero-order valence-corrected chi connectivity index (χ0v) is 8.25. The molecule has 0 aliphatic heterocycles. The highest BCUT2D eigenvalue weighted by atomic mass is 32.1. The van der Waals surface area contributed by atoms with Crippen molar-refractivity contribution < 1.29 is 31.1 Å². The maximum atomic E-state index is 12.1. The van der Waals surface area contributed by atoms with Crippen LogP contribution < -0.4 is 4.74 Å². The van der Waals surface area contributed by atoms with E-state index < -0.39 is 28.7 Å². The van der Waals surface area contributed by atoms with Gasteiger partial charge >= 0.3 is 12.5 Å². The Morgan fingerprint density at radius 1 is 1.00 bits per heavy atom. The van der Waals surface area contributed by atoms with Gasteiger partial charge in [-0.05, 0) is 18.2 Å². The van der Waals surface area contributed by atoms with Crippen LogP contribution in [0.5, 0.6) is 5.75 Å². The van der Waals surface area contributed by atoms with E-state index >= 15 is 0 Å². The first kappa shape index (κ1) is 13.0. The highest BCUT2D eigenvalue weighted by Gasteiger charge is 2.34. The lowest BCUT2D eigenvalue weighted by molar-refractivity contribution is -0.275. The number of benzene rings is 1. The molecule has 1 rings (SSSR count). The number of alkyl halides is 6. The zero-order valence-electron chi connectivity index (χ0n) is 7.36. The summed E-state index contributed by atoms with van der Waals surface area (Å²) in [6.07, 6.45) is -9.59. The Kier molecular flexibility index (Phi) is 3.32. The monoisotopic (exact) mass is 262 g/mol. The molecule has 1 nitrogen and oxygen atoms in total. The Morgan fingerprint density at radius 2 is 1.56 bits per heavy atom. The third-order valence-corrected chi connectivity index (χ3v) is 1.86. The van der Waals surface area contributed by atoms with Crippen LogP contribution in [0, 0.1) is 0 Å². The van der Waals surface area contributed by atoms with E-state index in [0.717, 1.165) is 0 Å². The van der Waals surface area contributed by atoms with Crippen molar-refractivity contribution in [2.75, 3.05) is 0 Å². The zero-order chi connectivity index (χ0) is 12.6. The van der Waals surface area contributed by atoms with Crippen LogP contribution in [0.25, 0.3) is 0 Å². The summed E-state index contributed by atoms with van der Waals surface area (Å²) in [6, 6.07) is 1.52. The minimum atomic E-state index is -4.96. The van der Waals surface area contributed by atoms with Crippen LogP contribution in [0.1, 0.15) is 5.56 Å². The predicted octanol–water partition coefficient (Wildman–Crippen LogP) is 3.89. The van der Waals surface area contributed by atoms with E-state index in [1.807, 2.05) is 0 Å². The topological polar surface area (TPSA) is 9.23 Å². The number of ether oxygens (including phenoxy) is 1. The predicted molar refractivity (Wildman–Crippen MR) is 45.4 cm³/mol. The molecule has 16 heavy (non-hydrogen) atoms. The minimum absolute atomic E-state index is 0.462. The van der Waals surface area contributed by atoms with E-state index in [4.69, 9.17) is 0 Å². The molecule has 0 aliphatic carbocycles. The summed E-state index contributed by atoms with van der Waals surface area (Å²) in [5.41, 5.74) is -1.09. The van der Waals surface area contributed by atoms with Gasteiger partial charge in [0.15, 0.2) is 0 Å². The van der Waals surface area contributed by atoms with Gasteiger partial charge in [0.25, 0.3) is 0 Å². The lowest BCUT2D eigenvalue weighted by atomic mass is 10.2. The standard InChI is InChI=1S/C8H4F6OS/c9-7(10,11)4-1-2-5(6(16)3-4)15-8(12,13)14/h1-3,16H. The molecular weight excluding hydrogens is 258 g/mol. The smallest absolute Gasteiger partial charge is 0.405 e. The molecule has 0 spiro atoms. The SMILES string of the molecule is FC(F)(F)Oc1ccc(C(F)(F)F)cc1S. The Bertz CT molecular complexity index is 383. The molecule has 0 fully saturated rings. The van der Waals surface area contributed by atoms with E-state index in [9.17, 15) is 26.3 Å². The molecule has 1 aromatic rings. The van der Waals surface area contributed by atoms with Crippen molar-refractivity contribution in [2.45, 2.75) is 17.4 Å². The van der Waals surface area contributed by atoms with Crippen LogP contribution in [-0.4, -0.2) is 6.36 Å². The summed E-state index contributed by atoms with van der Waals surface area (Å²) in [7, 11) is 0. The van der Waals surface area contributed by atoms with Gasteiger partial charge in [-0.2, -0.15) is 13.2 Å². The number of hydrogen-bond donors (Lipinski definition) is 1. The fourth-order valence-corrected chi connectivity index (χ4v) is 1.16. The number of thiol groups is 1. The molecule has 1 aromatic carbocycles. The maximum absolute atomic E-state index is 12.1. The molecule has 0 radical (unpaired) electrons. The van der Waals surface area contributed by atoms with Crippen molar-refractivity contribution >= 4 is 12.6 Å². The van der Waals surface area contributed by atoms with E-state index in [0.29, 0.717) is 18.2 Å². The van der Waals surface area contributed by atoms with Gasteiger partial charge in [-0.15, -0.1) is 25.8 Å². The first-order valence-electron chi connectivity index (χ1n) is 3.75. The van der Waals surface area contributed by atoms with Gasteiger partial charge in [0.2, 0.25) is 0 Å². The summed E-state index contributed by atoms with van der Waals surface area (Å²) in [4.78, 5) is -0.535. The highest BCUT2D eigenvalue weighted by molar-refractivity contribution is 7.80. The Labute approximate surface area is 91.4 Å². The van der Waals surface area contributed by atoms with Crippen molar-refractivity contribution in [3.63, 3.8) is 0 Å².